The first kappa shape index (κ1) is 20.7. The molecular weight excluding hydrogens is 431 g/mol. The number of anilines is 1. The number of benzene rings is 1. The number of ether oxygens (including phenoxy) is 1. The summed E-state index contributed by atoms with van der Waals surface area (Å²) in [6.45, 7) is -1.38. The van der Waals surface area contributed by atoms with Gasteiger partial charge < -0.3 is 15.4 Å². The smallest absolute Gasteiger partial charge is 0.387 e. The lowest BCUT2D eigenvalue weighted by Crippen LogP contribution is -2.32. The Kier molecular flexibility index (Phi) is 6.39. The molecule has 0 aliphatic carbocycles. The standard InChI is InChI=1S/C16H13Cl2F2N7O2/c1-8(13-23-7-24-27(13)15-21-3-2-4-22-15)25-16(28)26-11-5-10(18)12(6-9(11)17)29-14(19)20/h2-8,14H,1H3,(H2,25,26,28). The summed E-state index contributed by atoms with van der Waals surface area (Å²) < 4.78 is 30.3. The van der Waals surface area contributed by atoms with E-state index in [0.717, 1.165) is 6.07 Å². The van der Waals surface area contributed by atoms with Gasteiger partial charge in [-0.25, -0.2) is 19.7 Å². The van der Waals surface area contributed by atoms with Crippen molar-refractivity contribution in [2.24, 2.45) is 0 Å². The fraction of sp³-hybridized carbons (Fsp3) is 0.188. The van der Waals surface area contributed by atoms with Crippen LogP contribution >= 0.6 is 23.2 Å². The van der Waals surface area contributed by atoms with Crippen LogP contribution in [0.5, 0.6) is 5.75 Å². The lowest BCUT2D eigenvalue weighted by atomic mass is 10.3. The SMILES string of the molecule is CC(NC(=O)Nc1cc(Cl)c(OC(F)F)cc1Cl)c1ncnn1-c1ncccn1. The second-order valence-electron chi connectivity index (χ2n) is 5.54. The molecule has 0 fully saturated rings. The molecule has 2 amide bonds. The summed E-state index contributed by atoms with van der Waals surface area (Å²) in [7, 11) is 0. The highest BCUT2D eigenvalue weighted by Crippen LogP contribution is 2.35. The third kappa shape index (κ3) is 5.06. The van der Waals surface area contributed by atoms with E-state index in [1.165, 1.54) is 17.1 Å². The molecule has 0 aliphatic rings. The Morgan fingerprint density at radius 3 is 2.59 bits per heavy atom. The number of nitrogens with zero attached hydrogens (tertiary/aromatic N) is 5. The Labute approximate surface area is 173 Å². The average molecular weight is 444 g/mol. The van der Waals surface area contributed by atoms with E-state index in [0.29, 0.717) is 11.8 Å². The second kappa shape index (κ2) is 8.97. The van der Waals surface area contributed by atoms with Gasteiger partial charge in [0.05, 0.1) is 21.8 Å². The van der Waals surface area contributed by atoms with Crippen molar-refractivity contribution in [2.75, 3.05) is 5.32 Å². The summed E-state index contributed by atoms with van der Waals surface area (Å²) in [6.07, 6.45) is 4.40. The number of hydrogen-bond acceptors (Lipinski definition) is 6. The maximum absolute atomic E-state index is 12.4. The highest BCUT2D eigenvalue weighted by atomic mass is 35.5. The number of alkyl halides is 2. The van der Waals surface area contributed by atoms with Crippen molar-refractivity contribution in [3.63, 3.8) is 0 Å². The molecule has 1 atom stereocenters. The number of aromatic nitrogens is 5. The largest absolute Gasteiger partial charge is 0.433 e. The molecule has 2 aromatic heterocycles. The first-order valence-electron chi connectivity index (χ1n) is 8.04. The average Bonchev–Trinajstić information content (AvgIpc) is 3.16. The van der Waals surface area contributed by atoms with Crippen LogP contribution in [0.2, 0.25) is 10.0 Å². The monoisotopic (exact) mass is 443 g/mol. The zero-order chi connectivity index (χ0) is 21.0. The molecule has 0 aliphatic heterocycles. The summed E-state index contributed by atoms with van der Waals surface area (Å²) in [5.41, 5.74) is 0.107. The molecular formula is C16H13Cl2F2N7O2. The summed E-state index contributed by atoms with van der Waals surface area (Å²) in [4.78, 5) is 24.6. The van der Waals surface area contributed by atoms with E-state index in [4.69, 9.17) is 23.2 Å². The van der Waals surface area contributed by atoms with Crippen LogP contribution in [-0.4, -0.2) is 37.4 Å². The van der Waals surface area contributed by atoms with Crippen molar-refractivity contribution in [1.29, 1.82) is 0 Å². The molecule has 3 rings (SSSR count). The molecule has 2 N–H and O–H groups in total. The van der Waals surface area contributed by atoms with E-state index in [2.05, 4.69) is 35.4 Å². The van der Waals surface area contributed by atoms with Crippen molar-refractivity contribution in [2.45, 2.75) is 19.6 Å². The summed E-state index contributed by atoms with van der Waals surface area (Å²) in [6, 6.07) is 2.71. The number of carbonyl (C=O) groups excluding carboxylic acids is 1. The Morgan fingerprint density at radius 2 is 1.90 bits per heavy atom. The van der Waals surface area contributed by atoms with Crippen LogP contribution in [0.15, 0.2) is 36.9 Å². The molecule has 0 spiro atoms. The molecule has 0 bridgehead atoms. The van der Waals surface area contributed by atoms with Crippen LogP contribution in [0.4, 0.5) is 19.3 Å². The number of hydrogen-bond donors (Lipinski definition) is 2. The van der Waals surface area contributed by atoms with Gasteiger partial charge in [-0.3, -0.25) is 0 Å². The van der Waals surface area contributed by atoms with Gasteiger partial charge in [0.15, 0.2) is 5.82 Å². The van der Waals surface area contributed by atoms with Crippen LogP contribution in [0.3, 0.4) is 0 Å². The van der Waals surface area contributed by atoms with E-state index in [1.54, 1.807) is 25.4 Å². The van der Waals surface area contributed by atoms with Crippen molar-refractivity contribution in [1.82, 2.24) is 30.0 Å². The molecule has 0 radical (unpaired) electrons. The highest BCUT2D eigenvalue weighted by molar-refractivity contribution is 6.36. The lowest BCUT2D eigenvalue weighted by Gasteiger charge is -2.16. The zero-order valence-electron chi connectivity index (χ0n) is 14.7. The van der Waals surface area contributed by atoms with Crippen molar-refractivity contribution < 1.29 is 18.3 Å². The molecule has 3 aromatic rings. The fourth-order valence-corrected chi connectivity index (χ4v) is 2.74. The van der Waals surface area contributed by atoms with Crippen LogP contribution < -0.4 is 15.4 Å². The third-order valence-corrected chi connectivity index (χ3v) is 4.14. The van der Waals surface area contributed by atoms with Crippen LogP contribution in [-0.2, 0) is 0 Å². The first-order chi connectivity index (χ1) is 13.8. The molecule has 1 unspecified atom stereocenters. The van der Waals surface area contributed by atoms with Gasteiger partial charge in [0.2, 0.25) is 0 Å². The number of halogens is 4. The molecule has 0 saturated carbocycles. The van der Waals surface area contributed by atoms with Gasteiger partial charge >= 0.3 is 12.6 Å². The Balaban J connectivity index is 1.71. The maximum Gasteiger partial charge on any atom is 0.387 e. The minimum absolute atomic E-state index is 0.0336. The highest BCUT2D eigenvalue weighted by Gasteiger charge is 2.19. The zero-order valence-corrected chi connectivity index (χ0v) is 16.2. The van der Waals surface area contributed by atoms with E-state index in [9.17, 15) is 13.6 Å². The predicted molar refractivity (Wildman–Crippen MR) is 101 cm³/mol. The fourth-order valence-electron chi connectivity index (χ4n) is 2.33. The third-order valence-electron chi connectivity index (χ3n) is 3.54. The van der Waals surface area contributed by atoms with Gasteiger partial charge in [-0.2, -0.15) is 18.6 Å². The summed E-state index contributed by atoms with van der Waals surface area (Å²) in [5, 5.41) is 9.02. The normalized spacial score (nSPS) is 11.9. The van der Waals surface area contributed by atoms with Crippen molar-refractivity contribution in [3.8, 4) is 11.7 Å². The minimum atomic E-state index is -3.06. The Bertz CT molecular complexity index is 1000. The van der Waals surface area contributed by atoms with Gasteiger partial charge in [-0.15, -0.1) is 0 Å². The van der Waals surface area contributed by atoms with Crippen LogP contribution in [0, 0.1) is 0 Å². The molecule has 152 valence electrons. The van der Waals surface area contributed by atoms with Gasteiger partial charge in [0.25, 0.3) is 5.95 Å². The number of carbonyl (C=O) groups is 1. The van der Waals surface area contributed by atoms with Crippen molar-refractivity contribution >= 4 is 34.9 Å². The predicted octanol–water partition coefficient (Wildman–Crippen LogP) is 3.85. The Hall–Kier alpha value is -3.05. The van der Waals surface area contributed by atoms with Crippen LogP contribution in [0.1, 0.15) is 18.8 Å². The van der Waals surface area contributed by atoms with E-state index in [-0.39, 0.29) is 21.5 Å². The van der Waals surface area contributed by atoms with Crippen LogP contribution in [0.25, 0.3) is 5.95 Å². The maximum atomic E-state index is 12.4. The molecule has 9 nitrogen and oxygen atoms in total. The van der Waals surface area contributed by atoms with E-state index >= 15 is 0 Å². The number of urea groups is 1. The molecule has 2 heterocycles. The Morgan fingerprint density at radius 1 is 1.17 bits per heavy atom. The minimum Gasteiger partial charge on any atom is -0.433 e. The summed E-state index contributed by atoms with van der Waals surface area (Å²) in [5.74, 6) is 0.372. The van der Waals surface area contributed by atoms with Gasteiger partial charge in [-0.05, 0) is 19.1 Å². The van der Waals surface area contributed by atoms with Crippen molar-refractivity contribution in [3.05, 3.63) is 52.8 Å². The quantitative estimate of drug-likeness (QED) is 0.598. The summed E-state index contributed by atoms with van der Waals surface area (Å²) >= 11 is 11.9. The lowest BCUT2D eigenvalue weighted by molar-refractivity contribution is -0.0497. The molecule has 13 heteroatoms. The number of rotatable bonds is 6. The van der Waals surface area contributed by atoms with Gasteiger partial charge in [0.1, 0.15) is 12.1 Å². The van der Waals surface area contributed by atoms with E-state index < -0.39 is 18.7 Å². The second-order valence-corrected chi connectivity index (χ2v) is 6.35. The topological polar surface area (TPSA) is 107 Å². The van der Waals surface area contributed by atoms with Gasteiger partial charge in [0, 0.05) is 18.5 Å². The van der Waals surface area contributed by atoms with Gasteiger partial charge in [-0.1, -0.05) is 23.2 Å². The number of amides is 2. The molecule has 0 saturated heterocycles. The first-order valence-corrected chi connectivity index (χ1v) is 8.79. The molecule has 29 heavy (non-hydrogen) atoms. The molecule has 1 aromatic carbocycles. The number of nitrogens with one attached hydrogen (secondary N) is 2. The van der Waals surface area contributed by atoms with E-state index in [1.807, 2.05) is 0 Å².